The minimum Gasteiger partial charge on any atom is -0.469 e. The molecule has 1 aliphatic carbocycles. The molecule has 16 heavy (non-hydrogen) atoms. The van der Waals surface area contributed by atoms with Gasteiger partial charge in [0, 0.05) is 11.8 Å². The number of unbranched alkanes of at least 4 members (excludes halogenated alkanes) is 2. The third kappa shape index (κ3) is 2.83. The second kappa shape index (κ2) is 6.02. The lowest BCUT2D eigenvalue weighted by atomic mass is 9.90. The number of rotatable bonds is 5. The number of esters is 1. The Bertz CT molecular complexity index is 260. The summed E-state index contributed by atoms with van der Waals surface area (Å²) < 4.78 is 4.78. The van der Waals surface area contributed by atoms with Gasteiger partial charge in [-0.1, -0.05) is 33.1 Å². The van der Waals surface area contributed by atoms with Gasteiger partial charge in [-0.2, -0.15) is 0 Å². The molecule has 3 nitrogen and oxygen atoms in total. The van der Waals surface area contributed by atoms with Crippen LogP contribution in [0.3, 0.4) is 0 Å². The lowest BCUT2D eigenvalue weighted by Crippen LogP contribution is -2.23. The first kappa shape index (κ1) is 13.2. The fraction of sp³-hybridized carbons (Fsp3) is 0.846. The van der Waals surface area contributed by atoms with Crippen LogP contribution in [-0.4, -0.2) is 18.9 Å². The van der Waals surface area contributed by atoms with Crippen molar-refractivity contribution in [3.8, 4) is 0 Å². The molecule has 0 heterocycles. The van der Waals surface area contributed by atoms with E-state index in [-0.39, 0.29) is 29.5 Å². The summed E-state index contributed by atoms with van der Waals surface area (Å²) in [5.41, 5.74) is 0. The van der Waals surface area contributed by atoms with E-state index < -0.39 is 0 Å². The van der Waals surface area contributed by atoms with Crippen LogP contribution < -0.4 is 0 Å². The van der Waals surface area contributed by atoms with Crippen molar-refractivity contribution in [2.24, 2.45) is 17.8 Å². The molecule has 1 fully saturated rings. The Hall–Kier alpha value is -0.860. The molecule has 1 saturated carbocycles. The second-order valence-electron chi connectivity index (χ2n) is 4.77. The molecule has 0 aromatic heterocycles. The van der Waals surface area contributed by atoms with E-state index in [1.165, 1.54) is 7.11 Å². The third-order valence-electron chi connectivity index (χ3n) is 3.57. The number of ether oxygens (including phenoxy) is 1. The number of methoxy groups -OCH3 is 1. The fourth-order valence-corrected chi connectivity index (χ4v) is 2.59. The number of hydrogen-bond acceptors (Lipinski definition) is 3. The Labute approximate surface area is 97.5 Å². The number of hydrogen-bond donors (Lipinski definition) is 0. The molecule has 0 aromatic carbocycles. The highest BCUT2D eigenvalue weighted by molar-refractivity contribution is 5.91. The minimum atomic E-state index is -0.209. The van der Waals surface area contributed by atoms with Crippen molar-refractivity contribution >= 4 is 11.8 Å². The Kier molecular flexibility index (Phi) is 4.97. The normalized spacial score (nSPS) is 29.4. The summed E-state index contributed by atoms with van der Waals surface area (Å²) in [5, 5.41) is 0. The predicted octanol–water partition coefficient (Wildman–Crippen LogP) is 2.58. The van der Waals surface area contributed by atoms with Gasteiger partial charge in [-0.3, -0.25) is 9.59 Å². The van der Waals surface area contributed by atoms with Crippen molar-refractivity contribution in [2.75, 3.05) is 7.11 Å². The molecule has 3 atom stereocenters. The zero-order valence-electron chi connectivity index (χ0n) is 10.5. The van der Waals surface area contributed by atoms with Gasteiger partial charge < -0.3 is 4.74 Å². The van der Waals surface area contributed by atoms with Crippen molar-refractivity contribution in [3.05, 3.63) is 0 Å². The smallest absolute Gasteiger partial charge is 0.309 e. The molecular weight excluding hydrogens is 204 g/mol. The summed E-state index contributed by atoms with van der Waals surface area (Å²) in [5.74, 6) is -0.209. The standard InChI is InChI=1S/C13H22O3/c1-4-5-6-7-10-11(13(15)16-3)8-9(2)12(10)14/h9-11H,4-8H2,1-3H3. The fourth-order valence-electron chi connectivity index (χ4n) is 2.59. The molecule has 0 aliphatic heterocycles. The molecular formula is C13H22O3. The van der Waals surface area contributed by atoms with Crippen LogP contribution in [0.25, 0.3) is 0 Å². The van der Waals surface area contributed by atoms with Crippen LogP contribution in [0, 0.1) is 17.8 Å². The van der Waals surface area contributed by atoms with Crippen molar-refractivity contribution < 1.29 is 14.3 Å². The highest BCUT2D eigenvalue weighted by atomic mass is 16.5. The van der Waals surface area contributed by atoms with E-state index in [0.717, 1.165) is 25.7 Å². The summed E-state index contributed by atoms with van der Waals surface area (Å²) in [7, 11) is 1.40. The largest absolute Gasteiger partial charge is 0.469 e. The molecule has 0 amide bonds. The molecule has 0 bridgehead atoms. The van der Waals surface area contributed by atoms with Crippen LogP contribution in [0.5, 0.6) is 0 Å². The molecule has 3 heteroatoms. The number of carbonyl (C=O) groups is 2. The zero-order chi connectivity index (χ0) is 12.1. The molecule has 1 aliphatic rings. The number of carbonyl (C=O) groups excluding carboxylic acids is 2. The monoisotopic (exact) mass is 226 g/mol. The van der Waals surface area contributed by atoms with E-state index in [4.69, 9.17) is 4.74 Å². The molecule has 0 N–H and O–H groups in total. The zero-order valence-corrected chi connectivity index (χ0v) is 10.5. The predicted molar refractivity (Wildman–Crippen MR) is 61.9 cm³/mol. The van der Waals surface area contributed by atoms with Crippen LogP contribution >= 0.6 is 0 Å². The van der Waals surface area contributed by atoms with Gasteiger partial charge >= 0.3 is 5.97 Å². The first-order valence-corrected chi connectivity index (χ1v) is 6.23. The van der Waals surface area contributed by atoms with Gasteiger partial charge in [-0.15, -0.1) is 0 Å². The number of ketones is 1. The summed E-state index contributed by atoms with van der Waals surface area (Å²) in [6.07, 6.45) is 4.82. The maximum Gasteiger partial charge on any atom is 0.309 e. The first-order valence-electron chi connectivity index (χ1n) is 6.23. The van der Waals surface area contributed by atoms with Gasteiger partial charge in [-0.05, 0) is 12.8 Å². The van der Waals surface area contributed by atoms with Gasteiger partial charge in [0.05, 0.1) is 13.0 Å². The summed E-state index contributed by atoms with van der Waals surface area (Å²) in [4.78, 5) is 23.5. The van der Waals surface area contributed by atoms with Gasteiger partial charge in [-0.25, -0.2) is 0 Å². The van der Waals surface area contributed by atoms with Crippen molar-refractivity contribution in [2.45, 2.75) is 46.0 Å². The van der Waals surface area contributed by atoms with Crippen LogP contribution in [0.2, 0.25) is 0 Å². The van der Waals surface area contributed by atoms with Crippen molar-refractivity contribution in [1.82, 2.24) is 0 Å². The van der Waals surface area contributed by atoms with Crippen molar-refractivity contribution in [1.29, 1.82) is 0 Å². The lowest BCUT2D eigenvalue weighted by molar-refractivity contribution is -0.148. The molecule has 3 unspecified atom stereocenters. The van der Waals surface area contributed by atoms with Gasteiger partial charge in [0.15, 0.2) is 0 Å². The van der Waals surface area contributed by atoms with E-state index in [0.29, 0.717) is 6.42 Å². The van der Waals surface area contributed by atoms with E-state index in [1.807, 2.05) is 6.92 Å². The van der Waals surface area contributed by atoms with E-state index in [2.05, 4.69) is 6.92 Å². The maximum absolute atomic E-state index is 11.9. The Morgan fingerprint density at radius 1 is 1.44 bits per heavy atom. The van der Waals surface area contributed by atoms with Crippen molar-refractivity contribution in [3.63, 3.8) is 0 Å². The highest BCUT2D eigenvalue weighted by Crippen LogP contribution is 2.37. The van der Waals surface area contributed by atoms with Gasteiger partial charge in [0.25, 0.3) is 0 Å². The van der Waals surface area contributed by atoms with Crippen LogP contribution in [-0.2, 0) is 14.3 Å². The second-order valence-corrected chi connectivity index (χ2v) is 4.77. The topological polar surface area (TPSA) is 43.4 Å². The Morgan fingerprint density at radius 3 is 2.69 bits per heavy atom. The quantitative estimate of drug-likeness (QED) is 0.534. The average Bonchev–Trinajstić information content (AvgIpc) is 2.56. The molecule has 1 rings (SSSR count). The molecule has 0 radical (unpaired) electrons. The summed E-state index contributed by atoms with van der Waals surface area (Å²) >= 11 is 0. The van der Waals surface area contributed by atoms with Crippen LogP contribution in [0.1, 0.15) is 46.0 Å². The third-order valence-corrected chi connectivity index (χ3v) is 3.57. The Morgan fingerprint density at radius 2 is 2.12 bits per heavy atom. The van der Waals surface area contributed by atoms with Gasteiger partial charge in [0.1, 0.15) is 5.78 Å². The Balaban J connectivity index is 2.60. The molecule has 92 valence electrons. The van der Waals surface area contributed by atoms with Gasteiger partial charge in [0.2, 0.25) is 0 Å². The highest BCUT2D eigenvalue weighted by Gasteiger charge is 2.43. The number of Topliss-reactive ketones (excluding diaryl/α,β-unsaturated/α-hetero) is 1. The molecule has 0 saturated heterocycles. The van der Waals surface area contributed by atoms with Crippen LogP contribution in [0.15, 0.2) is 0 Å². The summed E-state index contributed by atoms with van der Waals surface area (Å²) in [6, 6.07) is 0. The molecule has 0 spiro atoms. The first-order chi connectivity index (χ1) is 7.61. The maximum atomic E-state index is 11.9. The average molecular weight is 226 g/mol. The minimum absolute atomic E-state index is 0.0238. The van der Waals surface area contributed by atoms with E-state index in [9.17, 15) is 9.59 Å². The van der Waals surface area contributed by atoms with E-state index >= 15 is 0 Å². The summed E-state index contributed by atoms with van der Waals surface area (Å²) in [6.45, 7) is 4.05. The van der Waals surface area contributed by atoms with Crippen LogP contribution in [0.4, 0.5) is 0 Å². The molecule has 0 aromatic rings. The lowest BCUT2D eigenvalue weighted by Gasteiger charge is -2.15. The van der Waals surface area contributed by atoms with E-state index in [1.54, 1.807) is 0 Å². The SMILES string of the molecule is CCCCCC1C(=O)C(C)CC1C(=O)OC.